The number of nitrogens with zero attached hydrogens (tertiary/aromatic N) is 3. The summed E-state index contributed by atoms with van der Waals surface area (Å²) < 4.78 is 22.6. The third kappa shape index (κ3) is 1.98. The third-order valence-electron chi connectivity index (χ3n) is 7.09. The van der Waals surface area contributed by atoms with Crippen molar-refractivity contribution in [3.05, 3.63) is 60.4 Å². The second-order valence-electron chi connectivity index (χ2n) is 8.33. The molecule has 2 aliphatic heterocycles. The number of rotatable bonds is 0. The lowest BCUT2D eigenvalue weighted by atomic mass is 9.63. The van der Waals surface area contributed by atoms with Crippen LogP contribution in [0, 0.1) is 0 Å². The van der Waals surface area contributed by atoms with Crippen LogP contribution in [0.5, 0.6) is 5.75 Å². The smallest absolute Gasteiger partial charge is 0.232 e. The van der Waals surface area contributed by atoms with Crippen LogP contribution in [0.3, 0.4) is 0 Å². The highest BCUT2D eigenvalue weighted by Gasteiger charge is 2.67. The molecule has 1 aromatic heterocycles. The number of pyridine rings is 1. The van der Waals surface area contributed by atoms with Crippen molar-refractivity contribution >= 4 is 28.4 Å². The van der Waals surface area contributed by atoms with E-state index in [9.17, 15) is 0 Å². The van der Waals surface area contributed by atoms with Gasteiger partial charge in [0.05, 0.1) is 11.6 Å². The van der Waals surface area contributed by atoms with E-state index in [0.29, 0.717) is 12.2 Å². The van der Waals surface area contributed by atoms with Crippen molar-refractivity contribution in [3.8, 4) is 5.75 Å². The van der Waals surface area contributed by atoms with Crippen molar-refractivity contribution < 1.29 is 9.13 Å². The summed E-state index contributed by atoms with van der Waals surface area (Å²) in [4.78, 5) is 11.2. The molecule has 2 aromatic carbocycles. The molecule has 1 saturated carbocycles. The Morgan fingerprint density at radius 1 is 1.14 bits per heavy atom. The molecule has 3 aliphatic rings. The second-order valence-corrected chi connectivity index (χ2v) is 8.33. The molecular formula is C24H22FN3O. The summed E-state index contributed by atoms with van der Waals surface area (Å²) in [6.07, 6.45) is 7.65. The molecule has 29 heavy (non-hydrogen) atoms. The van der Waals surface area contributed by atoms with Crippen LogP contribution in [0.15, 0.2) is 59.9 Å². The Hall–Kier alpha value is -2.95. The summed E-state index contributed by atoms with van der Waals surface area (Å²) in [7, 11) is 2.00. The zero-order valence-corrected chi connectivity index (χ0v) is 16.3. The maximum atomic E-state index is 15.9. The molecule has 3 aromatic rings. The normalized spacial score (nSPS) is 29.9. The van der Waals surface area contributed by atoms with E-state index in [1.807, 2.05) is 49.8 Å². The number of aromatic nitrogens is 1. The molecule has 0 bridgehead atoms. The number of hydrogen-bond acceptors (Lipinski definition) is 4. The van der Waals surface area contributed by atoms with Gasteiger partial charge in [0.25, 0.3) is 0 Å². The van der Waals surface area contributed by atoms with Crippen LogP contribution in [-0.2, 0) is 5.41 Å². The maximum Gasteiger partial charge on any atom is 0.232 e. The van der Waals surface area contributed by atoms with E-state index in [0.717, 1.165) is 47.0 Å². The zero-order valence-electron chi connectivity index (χ0n) is 16.3. The average molecular weight is 387 g/mol. The number of halogens is 1. The average Bonchev–Trinajstić information content (AvgIpc) is 2.96. The minimum atomic E-state index is -0.986. The van der Waals surface area contributed by atoms with Crippen LogP contribution in [0.25, 0.3) is 10.8 Å². The van der Waals surface area contributed by atoms with Gasteiger partial charge in [-0.05, 0) is 42.7 Å². The molecule has 0 saturated heterocycles. The van der Waals surface area contributed by atoms with Gasteiger partial charge in [-0.3, -0.25) is 9.98 Å². The molecule has 1 fully saturated rings. The van der Waals surface area contributed by atoms with Gasteiger partial charge in [-0.25, -0.2) is 4.39 Å². The molecular weight excluding hydrogens is 365 g/mol. The van der Waals surface area contributed by atoms with E-state index < -0.39 is 17.3 Å². The molecule has 1 aliphatic carbocycles. The summed E-state index contributed by atoms with van der Waals surface area (Å²) in [6.45, 7) is 0. The number of aliphatic imine (C=N–C) groups is 1. The molecule has 0 amide bonds. The van der Waals surface area contributed by atoms with Gasteiger partial charge in [0, 0.05) is 35.9 Å². The molecule has 3 unspecified atom stereocenters. The lowest BCUT2D eigenvalue weighted by molar-refractivity contribution is -0.0117. The highest BCUT2D eigenvalue weighted by molar-refractivity contribution is 5.99. The van der Waals surface area contributed by atoms with Crippen LogP contribution in [0.1, 0.15) is 31.2 Å². The van der Waals surface area contributed by atoms with E-state index >= 15 is 4.39 Å². The minimum absolute atomic E-state index is 0.553. The second kappa shape index (κ2) is 5.78. The Bertz CT molecular complexity index is 1160. The number of fused-ring (bicyclic) bond motifs is 6. The van der Waals surface area contributed by atoms with Gasteiger partial charge in [0.2, 0.25) is 5.72 Å². The Morgan fingerprint density at radius 3 is 2.93 bits per heavy atom. The van der Waals surface area contributed by atoms with Crippen LogP contribution >= 0.6 is 0 Å². The highest BCUT2D eigenvalue weighted by atomic mass is 19.1. The molecule has 3 heterocycles. The monoisotopic (exact) mass is 387 g/mol. The number of hydrogen-bond donors (Lipinski definition) is 0. The number of alkyl halides is 1. The van der Waals surface area contributed by atoms with Gasteiger partial charge < -0.3 is 9.64 Å². The quantitative estimate of drug-likeness (QED) is 0.524. The van der Waals surface area contributed by atoms with Crippen molar-refractivity contribution in [1.82, 2.24) is 4.98 Å². The predicted molar refractivity (Wildman–Crippen MR) is 113 cm³/mol. The minimum Gasteiger partial charge on any atom is -0.459 e. The van der Waals surface area contributed by atoms with Crippen molar-refractivity contribution in [2.45, 2.75) is 43.0 Å². The van der Waals surface area contributed by atoms with E-state index in [-0.39, 0.29) is 0 Å². The van der Waals surface area contributed by atoms with Crippen molar-refractivity contribution in [2.24, 2.45) is 4.99 Å². The van der Waals surface area contributed by atoms with Crippen molar-refractivity contribution in [1.29, 1.82) is 0 Å². The fourth-order valence-corrected chi connectivity index (χ4v) is 5.71. The van der Waals surface area contributed by atoms with E-state index in [1.165, 1.54) is 0 Å². The molecule has 4 nitrogen and oxygen atoms in total. The fraction of sp³-hybridized carbons (Fsp3) is 0.333. The summed E-state index contributed by atoms with van der Waals surface area (Å²) in [6, 6.07) is 14.0. The lowest BCUT2D eigenvalue weighted by Crippen LogP contribution is -2.67. The molecule has 3 atom stereocenters. The molecule has 0 N–H and O–H groups in total. The third-order valence-corrected chi connectivity index (χ3v) is 7.09. The van der Waals surface area contributed by atoms with Crippen LogP contribution in [-0.4, -0.2) is 30.1 Å². The summed E-state index contributed by atoms with van der Waals surface area (Å²) in [5.74, 6) is 0.697. The Kier molecular flexibility index (Phi) is 3.38. The number of anilines is 1. The van der Waals surface area contributed by atoms with Gasteiger partial charge in [0.1, 0.15) is 17.6 Å². The number of para-hydroxylation sites is 1. The zero-order chi connectivity index (χ0) is 19.6. The number of ether oxygens (including phenoxy) is 1. The summed E-state index contributed by atoms with van der Waals surface area (Å²) in [5.41, 5.74) is 1.13. The Labute approximate surface area is 169 Å². The number of benzene rings is 2. The fourth-order valence-electron chi connectivity index (χ4n) is 5.71. The van der Waals surface area contributed by atoms with Crippen molar-refractivity contribution in [2.75, 3.05) is 11.9 Å². The first-order chi connectivity index (χ1) is 14.2. The van der Waals surface area contributed by atoms with Crippen LogP contribution < -0.4 is 9.64 Å². The first-order valence-electron chi connectivity index (χ1n) is 10.3. The maximum absolute atomic E-state index is 15.9. The lowest BCUT2D eigenvalue weighted by Gasteiger charge is -2.51. The first kappa shape index (κ1) is 17.0. The summed E-state index contributed by atoms with van der Waals surface area (Å²) in [5, 5.41) is 2.01. The van der Waals surface area contributed by atoms with Gasteiger partial charge >= 0.3 is 0 Å². The largest absolute Gasteiger partial charge is 0.459 e. The number of likely N-dealkylation sites (N-methyl/N-ethyl adjacent to an activating group) is 1. The van der Waals surface area contributed by atoms with Crippen molar-refractivity contribution in [3.63, 3.8) is 0 Å². The SMILES string of the molecule is CN1c2ccccc2C2(CCCCC2F)C12C=Nc1c(ccc3cnccc13)O2. The molecule has 0 radical (unpaired) electrons. The Morgan fingerprint density at radius 2 is 2.03 bits per heavy atom. The van der Waals surface area contributed by atoms with Gasteiger partial charge in [0.15, 0.2) is 0 Å². The van der Waals surface area contributed by atoms with Crippen LogP contribution in [0.4, 0.5) is 15.8 Å². The first-order valence-corrected chi connectivity index (χ1v) is 10.3. The summed E-state index contributed by atoms with van der Waals surface area (Å²) >= 11 is 0. The van der Waals surface area contributed by atoms with E-state index in [1.54, 1.807) is 6.20 Å². The van der Waals surface area contributed by atoms with Gasteiger partial charge in [-0.15, -0.1) is 0 Å². The standard InChI is InChI=1S/C24H22FN3O/c1-28-19-7-3-2-6-18(19)23(12-5-4-8-21(23)25)24(28)15-27-22-17-11-13-26-14-16(17)9-10-20(22)29-24/h2-3,6-7,9-11,13-15,21H,4-5,8,12H2,1H3. The molecule has 5 heteroatoms. The van der Waals surface area contributed by atoms with E-state index in [4.69, 9.17) is 9.73 Å². The molecule has 146 valence electrons. The molecule has 6 rings (SSSR count). The molecule has 2 spiro atoms. The predicted octanol–water partition coefficient (Wildman–Crippen LogP) is 5.33. The topological polar surface area (TPSA) is 37.7 Å². The Balaban J connectivity index is 1.60. The van der Waals surface area contributed by atoms with Gasteiger partial charge in [-0.1, -0.05) is 31.0 Å². The van der Waals surface area contributed by atoms with Gasteiger partial charge in [-0.2, -0.15) is 0 Å². The van der Waals surface area contributed by atoms with E-state index in [2.05, 4.69) is 22.0 Å². The van der Waals surface area contributed by atoms with Crippen LogP contribution in [0.2, 0.25) is 0 Å². The highest BCUT2D eigenvalue weighted by Crippen LogP contribution is 2.60.